The summed E-state index contributed by atoms with van der Waals surface area (Å²) in [4.78, 5) is 18.0. The smallest absolute Gasteiger partial charge is 0.379 e. The molecule has 0 amide bonds. The van der Waals surface area contributed by atoms with E-state index in [1.165, 1.54) is 17.4 Å². The number of piperidine rings is 1. The predicted molar refractivity (Wildman–Crippen MR) is 162 cm³/mol. The molecule has 2 unspecified atom stereocenters. The maximum Gasteiger partial charge on any atom is 0.406 e. The van der Waals surface area contributed by atoms with Crippen molar-refractivity contribution >= 4 is 50.3 Å². The summed E-state index contributed by atoms with van der Waals surface area (Å²) < 4.78 is 57.2. The largest absolute Gasteiger partial charge is 0.406 e. The van der Waals surface area contributed by atoms with Crippen molar-refractivity contribution in [2.45, 2.75) is 44.2 Å². The first-order chi connectivity index (χ1) is 20.1. The third-order valence-electron chi connectivity index (χ3n) is 7.96. The number of aliphatic imine (C=N–C) groups is 2. The summed E-state index contributed by atoms with van der Waals surface area (Å²) in [6.45, 7) is 6.63. The molecule has 0 radical (unpaired) electrons. The lowest BCUT2D eigenvalue weighted by Gasteiger charge is -2.33. The normalized spacial score (nSPS) is 21.6. The second kappa shape index (κ2) is 11.7. The third kappa shape index (κ3) is 6.17. The van der Waals surface area contributed by atoms with Crippen molar-refractivity contribution < 1.29 is 17.6 Å². The predicted octanol–water partition coefficient (Wildman–Crippen LogP) is 5.18. The van der Waals surface area contributed by atoms with E-state index in [2.05, 4.69) is 32.1 Å². The molecule has 42 heavy (non-hydrogen) atoms. The van der Waals surface area contributed by atoms with Crippen LogP contribution in [0.5, 0.6) is 0 Å². The Hall–Kier alpha value is -3.45. The van der Waals surface area contributed by atoms with Crippen LogP contribution >= 0.6 is 11.3 Å². The molecular formula is C29H34F4N8S. The van der Waals surface area contributed by atoms with E-state index < -0.39 is 24.9 Å². The number of benzene rings is 1. The summed E-state index contributed by atoms with van der Waals surface area (Å²) in [7, 11) is 1.87. The molecule has 2 aromatic heterocycles. The average Bonchev–Trinajstić information content (AvgIpc) is 3.75. The maximum absolute atomic E-state index is 14.8. The number of fused-ring (bicyclic) bond motifs is 1. The van der Waals surface area contributed by atoms with Crippen LogP contribution in [-0.2, 0) is 6.54 Å². The highest BCUT2D eigenvalue weighted by Gasteiger charge is 2.32. The van der Waals surface area contributed by atoms with E-state index in [-0.39, 0.29) is 18.1 Å². The standard InChI is InChI=1S/C29H34F4N8S/c1-18(24-16-42-28(38-24)40-9-3-4-10-40)34-13-19-14-35-27(36-19)26-12-20-22(37-23-8-11-39(2)15-21(23)30)6-5-7-25(20)41(26)17-29(31,32)33/h5-7,12,16,21,23,34,37H,1,3-4,8-11,13-15,17H2,2H3. The van der Waals surface area contributed by atoms with Crippen LogP contribution in [0.25, 0.3) is 16.6 Å². The fourth-order valence-electron chi connectivity index (χ4n) is 5.74. The van der Waals surface area contributed by atoms with Gasteiger partial charge < -0.3 is 25.0 Å². The van der Waals surface area contributed by atoms with Crippen molar-refractivity contribution in [1.29, 1.82) is 0 Å². The topological polar surface area (TPSA) is 73.1 Å². The minimum atomic E-state index is -4.45. The second-order valence-electron chi connectivity index (χ2n) is 11.1. The number of amidine groups is 1. The average molecular weight is 603 g/mol. The number of hydrogen-bond acceptors (Lipinski definition) is 8. The zero-order valence-electron chi connectivity index (χ0n) is 23.4. The first-order valence-electron chi connectivity index (χ1n) is 14.2. The van der Waals surface area contributed by atoms with Crippen molar-refractivity contribution in [2.24, 2.45) is 9.98 Å². The SMILES string of the molecule is C=C(NCC1=NC(c2cc3c(NC4CCN(C)CC4F)cccc3n2CC(F)(F)F)=NC1)c1csc(N2CCCC2)n1. The third-order valence-corrected chi connectivity index (χ3v) is 8.86. The van der Waals surface area contributed by atoms with Gasteiger partial charge in [0.15, 0.2) is 11.0 Å². The monoisotopic (exact) mass is 602 g/mol. The van der Waals surface area contributed by atoms with E-state index in [4.69, 9.17) is 4.98 Å². The van der Waals surface area contributed by atoms with Crippen molar-refractivity contribution in [3.05, 3.63) is 47.6 Å². The molecule has 1 aromatic carbocycles. The van der Waals surface area contributed by atoms with Gasteiger partial charge in [0.2, 0.25) is 0 Å². The van der Waals surface area contributed by atoms with Gasteiger partial charge in [0.25, 0.3) is 0 Å². The molecule has 8 nitrogen and oxygen atoms in total. The van der Waals surface area contributed by atoms with Gasteiger partial charge in [-0.2, -0.15) is 13.2 Å². The molecule has 3 aliphatic heterocycles. The molecular weight excluding hydrogens is 568 g/mol. The first-order valence-corrected chi connectivity index (χ1v) is 15.1. The Labute approximate surface area is 245 Å². The zero-order valence-corrected chi connectivity index (χ0v) is 24.2. The summed E-state index contributed by atoms with van der Waals surface area (Å²) in [6, 6.07) is 6.38. The quantitative estimate of drug-likeness (QED) is 0.331. The molecule has 2 N–H and O–H groups in total. The Morgan fingerprint density at radius 1 is 1.19 bits per heavy atom. The van der Waals surface area contributed by atoms with Crippen LogP contribution in [0.15, 0.2) is 46.2 Å². The molecule has 224 valence electrons. The van der Waals surface area contributed by atoms with Gasteiger partial charge in [-0.1, -0.05) is 12.6 Å². The highest BCUT2D eigenvalue weighted by molar-refractivity contribution is 7.13. The number of thiazole rings is 1. The summed E-state index contributed by atoms with van der Waals surface area (Å²) in [5.74, 6) is 0.247. The van der Waals surface area contributed by atoms with Crippen LogP contribution in [-0.4, -0.2) is 90.7 Å². The lowest BCUT2D eigenvalue weighted by molar-refractivity contribution is -0.139. The molecule has 0 bridgehead atoms. The minimum Gasteiger partial charge on any atom is -0.379 e. The van der Waals surface area contributed by atoms with Gasteiger partial charge >= 0.3 is 6.18 Å². The number of anilines is 2. The van der Waals surface area contributed by atoms with Crippen LogP contribution < -0.4 is 15.5 Å². The number of rotatable bonds is 9. The number of nitrogens with one attached hydrogen (secondary N) is 2. The van der Waals surface area contributed by atoms with Crippen LogP contribution in [0.4, 0.5) is 28.4 Å². The molecule has 0 saturated carbocycles. The van der Waals surface area contributed by atoms with Gasteiger partial charge in [-0.25, -0.2) is 14.4 Å². The second-order valence-corrected chi connectivity index (χ2v) is 12.0. The molecule has 3 aliphatic rings. The first kappa shape index (κ1) is 28.7. The molecule has 2 saturated heterocycles. The van der Waals surface area contributed by atoms with E-state index in [1.54, 1.807) is 35.6 Å². The van der Waals surface area contributed by atoms with E-state index in [0.717, 1.165) is 30.5 Å². The molecule has 0 spiro atoms. The van der Waals surface area contributed by atoms with E-state index in [0.29, 0.717) is 47.5 Å². The van der Waals surface area contributed by atoms with Crippen molar-refractivity contribution in [2.75, 3.05) is 56.5 Å². The number of alkyl halides is 4. The van der Waals surface area contributed by atoms with Crippen LogP contribution in [0.1, 0.15) is 30.7 Å². The van der Waals surface area contributed by atoms with Crippen molar-refractivity contribution in [3.63, 3.8) is 0 Å². The molecule has 13 heteroatoms. The number of nitrogens with zero attached hydrogens (tertiary/aromatic N) is 6. The van der Waals surface area contributed by atoms with Gasteiger partial charge in [-0.15, -0.1) is 11.3 Å². The Kier molecular flexibility index (Phi) is 7.97. The zero-order chi connectivity index (χ0) is 29.4. The number of hydrogen-bond donors (Lipinski definition) is 2. The van der Waals surface area contributed by atoms with Gasteiger partial charge in [0.1, 0.15) is 12.7 Å². The lowest BCUT2D eigenvalue weighted by Crippen LogP contribution is -2.46. The fraction of sp³-hybridized carbons (Fsp3) is 0.483. The molecule has 5 heterocycles. The van der Waals surface area contributed by atoms with Gasteiger partial charge in [-0.05, 0) is 44.5 Å². The Bertz CT molecular complexity index is 1520. The van der Waals surface area contributed by atoms with Crippen LogP contribution in [0.2, 0.25) is 0 Å². The molecule has 6 rings (SSSR count). The van der Waals surface area contributed by atoms with E-state index in [9.17, 15) is 17.6 Å². The van der Waals surface area contributed by atoms with Crippen LogP contribution in [0.3, 0.4) is 0 Å². The van der Waals surface area contributed by atoms with E-state index >= 15 is 0 Å². The summed E-state index contributed by atoms with van der Waals surface area (Å²) in [5, 5.41) is 10.1. The molecule has 2 atom stereocenters. The lowest BCUT2D eigenvalue weighted by atomic mass is 10.0. The highest BCUT2D eigenvalue weighted by Crippen LogP contribution is 2.33. The summed E-state index contributed by atoms with van der Waals surface area (Å²) in [5.41, 5.74) is 3.40. The van der Waals surface area contributed by atoms with Gasteiger partial charge in [0.05, 0.1) is 47.4 Å². The number of likely N-dealkylation sites (tertiary alicyclic amines) is 1. The Morgan fingerprint density at radius 2 is 2.00 bits per heavy atom. The Morgan fingerprint density at radius 3 is 2.76 bits per heavy atom. The molecule has 0 aliphatic carbocycles. The van der Waals surface area contributed by atoms with Crippen molar-refractivity contribution in [3.8, 4) is 0 Å². The minimum absolute atomic E-state index is 0.247. The summed E-state index contributed by atoms with van der Waals surface area (Å²) in [6.07, 6.45) is -2.59. The van der Waals surface area contributed by atoms with Crippen molar-refractivity contribution in [1.82, 2.24) is 19.8 Å². The Balaban J connectivity index is 1.20. The van der Waals surface area contributed by atoms with E-state index in [1.807, 2.05) is 17.3 Å². The fourth-order valence-corrected chi connectivity index (χ4v) is 6.64. The van der Waals surface area contributed by atoms with Gasteiger partial charge in [0, 0.05) is 42.6 Å². The molecule has 3 aromatic rings. The maximum atomic E-state index is 14.8. The highest BCUT2D eigenvalue weighted by atomic mass is 32.1. The number of halogens is 4. The summed E-state index contributed by atoms with van der Waals surface area (Å²) >= 11 is 1.59. The van der Waals surface area contributed by atoms with Gasteiger partial charge in [-0.3, -0.25) is 4.99 Å². The number of aromatic nitrogens is 2. The molecule has 2 fully saturated rings. The van der Waals surface area contributed by atoms with Crippen LogP contribution in [0, 0.1) is 0 Å².